The average Bonchev–Trinajstić information content (AvgIpc) is 3.01. The van der Waals surface area contributed by atoms with E-state index in [1.165, 1.54) is 35.2 Å². The summed E-state index contributed by atoms with van der Waals surface area (Å²) in [6, 6.07) is 11.7. The highest BCUT2D eigenvalue weighted by molar-refractivity contribution is 5.98. The van der Waals surface area contributed by atoms with Gasteiger partial charge in [0.05, 0.1) is 17.3 Å². The largest absolute Gasteiger partial charge is 0.345 e. The monoisotopic (exact) mass is 299 g/mol. The molecule has 0 amide bonds. The van der Waals surface area contributed by atoms with Crippen LogP contribution in [0.25, 0.3) is 22.2 Å². The molecule has 1 fully saturated rings. The maximum absolute atomic E-state index is 4.99. The molecule has 5 aliphatic heterocycles. The zero-order valence-electron chi connectivity index (χ0n) is 12.8. The van der Waals surface area contributed by atoms with Crippen LogP contribution in [0.2, 0.25) is 0 Å². The van der Waals surface area contributed by atoms with Crippen molar-refractivity contribution in [2.45, 2.75) is 30.8 Å². The van der Waals surface area contributed by atoms with Gasteiger partial charge in [0.15, 0.2) is 0 Å². The first kappa shape index (κ1) is 12.1. The molecule has 6 aliphatic rings. The van der Waals surface area contributed by atoms with E-state index in [9.17, 15) is 0 Å². The smallest absolute Gasteiger partial charge is 0.0915 e. The van der Waals surface area contributed by atoms with Gasteiger partial charge >= 0.3 is 0 Å². The van der Waals surface area contributed by atoms with E-state index in [2.05, 4.69) is 53.2 Å². The Kier molecular flexibility index (Phi) is 2.15. The van der Waals surface area contributed by atoms with Gasteiger partial charge in [-0.15, -0.1) is 0 Å². The number of rotatable bonds is 0. The summed E-state index contributed by atoms with van der Waals surface area (Å²) in [7, 11) is 0. The van der Waals surface area contributed by atoms with E-state index in [0.717, 1.165) is 5.52 Å². The van der Waals surface area contributed by atoms with Gasteiger partial charge in [0.2, 0.25) is 0 Å². The molecular formula is C20H17N3. The number of aromatic nitrogens is 2. The van der Waals surface area contributed by atoms with Crippen molar-refractivity contribution in [3.05, 3.63) is 54.4 Å². The van der Waals surface area contributed by atoms with Crippen LogP contribution in [0, 0.1) is 5.92 Å². The van der Waals surface area contributed by atoms with Crippen molar-refractivity contribution in [2.75, 3.05) is 0 Å². The standard InChI is InChI=1S/C20H17N3/c1-2-6-16-12(4-1)13-9-11-23-17-8-7-15(20(23)19(13)22-16)18-14(17)5-3-10-21-18/h1-6,9-11,14-15,17-18H,7-8H2. The molecule has 0 N–H and O–H groups in total. The number of hydrogen-bond acceptors (Lipinski definition) is 2. The molecule has 5 heterocycles. The maximum Gasteiger partial charge on any atom is 0.0915 e. The minimum absolute atomic E-state index is 0.407. The highest BCUT2D eigenvalue weighted by Crippen LogP contribution is 2.54. The molecule has 1 saturated carbocycles. The fourth-order valence-electron chi connectivity index (χ4n) is 5.09. The molecule has 112 valence electrons. The van der Waals surface area contributed by atoms with Gasteiger partial charge in [-0.1, -0.05) is 24.3 Å². The summed E-state index contributed by atoms with van der Waals surface area (Å²) in [6.07, 6.45) is 11.3. The van der Waals surface area contributed by atoms with E-state index < -0.39 is 0 Å². The number of para-hydroxylation sites is 1. The van der Waals surface area contributed by atoms with Gasteiger partial charge < -0.3 is 4.57 Å². The number of benzene rings is 1. The molecule has 7 rings (SSSR count). The lowest BCUT2D eigenvalue weighted by atomic mass is 9.67. The van der Waals surface area contributed by atoms with Gasteiger partial charge in [0.1, 0.15) is 0 Å². The molecule has 0 spiro atoms. The number of dihydropyridines is 1. The lowest BCUT2D eigenvalue weighted by Crippen LogP contribution is -2.45. The van der Waals surface area contributed by atoms with E-state index in [1.54, 1.807) is 0 Å². The first-order valence-electron chi connectivity index (χ1n) is 8.51. The molecule has 3 heteroatoms. The fraction of sp³-hybridized carbons (Fsp3) is 0.300. The first-order chi connectivity index (χ1) is 11.4. The molecule has 4 atom stereocenters. The number of aliphatic imine (C=N–C) groups is 1. The van der Waals surface area contributed by atoms with E-state index in [0.29, 0.717) is 23.9 Å². The Morgan fingerprint density at radius 3 is 3.04 bits per heavy atom. The van der Waals surface area contributed by atoms with Crippen LogP contribution in [0.1, 0.15) is 30.5 Å². The summed E-state index contributed by atoms with van der Waals surface area (Å²) < 4.78 is 2.51. The van der Waals surface area contributed by atoms with E-state index >= 15 is 0 Å². The van der Waals surface area contributed by atoms with E-state index in [-0.39, 0.29) is 0 Å². The molecule has 4 unspecified atom stereocenters. The summed E-state index contributed by atoms with van der Waals surface area (Å²) in [5.74, 6) is 1.05. The molecular weight excluding hydrogens is 282 g/mol. The third-order valence-corrected chi connectivity index (χ3v) is 6.01. The predicted octanol–water partition coefficient (Wildman–Crippen LogP) is 4.20. The molecule has 1 aromatic rings. The fourth-order valence-corrected chi connectivity index (χ4v) is 5.09. The molecule has 0 saturated heterocycles. The molecule has 0 radical (unpaired) electrons. The van der Waals surface area contributed by atoms with Crippen molar-refractivity contribution < 1.29 is 0 Å². The third-order valence-electron chi connectivity index (χ3n) is 6.01. The number of hydrogen-bond donors (Lipinski definition) is 0. The summed E-state index contributed by atoms with van der Waals surface area (Å²) in [4.78, 5) is 9.83. The van der Waals surface area contributed by atoms with Crippen molar-refractivity contribution in [3.63, 3.8) is 0 Å². The quantitative estimate of drug-likeness (QED) is 0.612. The second-order valence-corrected chi connectivity index (χ2v) is 7.00. The highest BCUT2D eigenvalue weighted by Gasteiger charge is 2.47. The lowest BCUT2D eigenvalue weighted by Gasteiger charge is -2.49. The number of fused-ring (bicyclic) bond motifs is 4. The van der Waals surface area contributed by atoms with Crippen LogP contribution in [-0.2, 0) is 0 Å². The van der Waals surface area contributed by atoms with Crippen molar-refractivity contribution >= 4 is 17.1 Å². The summed E-state index contributed by atoms with van der Waals surface area (Å²) in [5.41, 5.74) is 5.03. The third kappa shape index (κ3) is 1.41. The molecule has 1 aliphatic carbocycles. The number of allylic oxidation sites excluding steroid dienone is 1. The predicted molar refractivity (Wildman–Crippen MR) is 92.3 cm³/mol. The van der Waals surface area contributed by atoms with E-state index in [1.807, 2.05) is 6.21 Å². The van der Waals surface area contributed by atoms with Gasteiger partial charge in [-0.25, -0.2) is 4.98 Å². The Morgan fingerprint density at radius 2 is 2.04 bits per heavy atom. The van der Waals surface area contributed by atoms with Crippen molar-refractivity contribution in [1.29, 1.82) is 0 Å². The van der Waals surface area contributed by atoms with Crippen molar-refractivity contribution in [1.82, 2.24) is 9.55 Å². The van der Waals surface area contributed by atoms with Gasteiger partial charge in [0.25, 0.3) is 0 Å². The normalized spacial score (nSPS) is 30.8. The summed E-state index contributed by atoms with van der Waals surface area (Å²) in [6.45, 7) is 0. The van der Waals surface area contributed by atoms with Crippen LogP contribution >= 0.6 is 0 Å². The molecule has 3 nitrogen and oxygen atoms in total. The Hall–Kier alpha value is -2.42. The van der Waals surface area contributed by atoms with Crippen LogP contribution in [0.3, 0.4) is 0 Å². The Bertz CT molecular complexity index is 964. The van der Waals surface area contributed by atoms with Gasteiger partial charge in [-0.2, -0.15) is 0 Å². The average molecular weight is 299 g/mol. The van der Waals surface area contributed by atoms with Crippen molar-refractivity contribution in [2.24, 2.45) is 10.9 Å². The number of pyridine rings is 1. The topological polar surface area (TPSA) is 30.2 Å². The van der Waals surface area contributed by atoms with Crippen LogP contribution in [-0.4, -0.2) is 21.8 Å². The maximum atomic E-state index is 4.99. The first-order valence-corrected chi connectivity index (χ1v) is 8.51. The van der Waals surface area contributed by atoms with Crippen LogP contribution in [0.15, 0.2) is 53.7 Å². The Morgan fingerprint density at radius 1 is 1.09 bits per heavy atom. The van der Waals surface area contributed by atoms with Crippen LogP contribution in [0.4, 0.5) is 0 Å². The zero-order chi connectivity index (χ0) is 15.0. The molecule has 2 bridgehead atoms. The van der Waals surface area contributed by atoms with Crippen LogP contribution < -0.4 is 0 Å². The Balaban J connectivity index is 1.68. The molecule has 23 heavy (non-hydrogen) atoms. The summed E-state index contributed by atoms with van der Waals surface area (Å²) >= 11 is 0. The SMILES string of the molecule is C1=CC2C(N=C1)C1CCC2n2ccc3c4ccccc4nc-3c21. The Labute approximate surface area is 134 Å². The minimum Gasteiger partial charge on any atom is -0.345 e. The molecule has 0 aromatic heterocycles. The van der Waals surface area contributed by atoms with Gasteiger partial charge in [-0.3, -0.25) is 4.99 Å². The lowest BCUT2D eigenvalue weighted by molar-refractivity contribution is 0.171. The second-order valence-electron chi connectivity index (χ2n) is 7.00. The summed E-state index contributed by atoms with van der Waals surface area (Å²) in [5, 5.41) is 1.27. The zero-order valence-corrected chi connectivity index (χ0v) is 12.8. The molecule has 1 aromatic carbocycles. The van der Waals surface area contributed by atoms with Crippen molar-refractivity contribution in [3.8, 4) is 11.3 Å². The van der Waals surface area contributed by atoms with Gasteiger partial charge in [0, 0.05) is 46.9 Å². The van der Waals surface area contributed by atoms with Crippen LogP contribution in [0.5, 0.6) is 0 Å². The second kappa shape index (κ2) is 4.10. The van der Waals surface area contributed by atoms with Gasteiger partial charge in [-0.05, 0) is 31.1 Å². The highest BCUT2D eigenvalue weighted by atomic mass is 15.1. The minimum atomic E-state index is 0.407. The van der Waals surface area contributed by atoms with E-state index in [4.69, 9.17) is 9.98 Å². The number of nitrogens with zero attached hydrogens (tertiary/aromatic N) is 3.